The van der Waals surface area contributed by atoms with Crippen molar-refractivity contribution < 1.29 is 4.79 Å². The van der Waals surface area contributed by atoms with E-state index in [1.165, 1.54) is 41.4 Å². The van der Waals surface area contributed by atoms with Crippen LogP contribution in [0.25, 0.3) is 10.9 Å². The molecule has 0 saturated carbocycles. The molecule has 2 aromatic rings. The molecule has 1 aromatic carbocycles. The smallest absolute Gasteiger partial charge is 0.253 e. The van der Waals surface area contributed by atoms with Gasteiger partial charge in [0.25, 0.3) is 5.91 Å². The molecule has 4 rings (SSSR count). The molecule has 1 N–H and O–H groups in total. The van der Waals surface area contributed by atoms with Gasteiger partial charge in [-0.2, -0.15) is 0 Å². The maximum atomic E-state index is 12.9. The number of benzene rings is 1. The number of hydrogen-bond donors (Lipinski definition) is 1. The molecule has 2 unspecified atom stereocenters. The zero-order valence-corrected chi connectivity index (χ0v) is 14.2. The second-order valence-electron chi connectivity index (χ2n) is 7.71. The van der Waals surface area contributed by atoms with Gasteiger partial charge < -0.3 is 9.88 Å². The molecule has 1 amide bonds. The van der Waals surface area contributed by atoms with E-state index in [0.29, 0.717) is 11.8 Å². The summed E-state index contributed by atoms with van der Waals surface area (Å²) in [5.74, 6) is 1.41. The topological polar surface area (TPSA) is 36.1 Å². The lowest BCUT2D eigenvalue weighted by atomic mass is 9.91. The molecule has 1 fully saturated rings. The molecule has 122 valence electrons. The van der Waals surface area contributed by atoms with Crippen LogP contribution in [0.2, 0.25) is 0 Å². The Kier molecular flexibility index (Phi) is 3.67. The van der Waals surface area contributed by atoms with Gasteiger partial charge in [-0.25, -0.2) is 0 Å². The summed E-state index contributed by atoms with van der Waals surface area (Å²) in [6, 6.07) is 6.22. The van der Waals surface area contributed by atoms with Crippen molar-refractivity contribution in [1.29, 1.82) is 0 Å². The van der Waals surface area contributed by atoms with Gasteiger partial charge in [-0.1, -0.05) is 13.8 Å². The monoisotopic (exact) mass is 310 g/mol. The Bertz CT molecular complexity index is 735. The van der Waals surface area contributed by atoms with Crippen LogP contribution in [0.1, 0.15) is 54.7 Å². The molecule has 1 aromatic heterocycles. The Balaban J connectivity index is 1.67. The molecule has 2 heterocycles. The molecular formula is C20H26N2O. The number of nitrogens with zero attached hydrogens (tertiary/aromatic N) is 1. The van der Waals surface area contributed by atoms with Crippen molar-refractivity contribution in [3.63, 3.8) is 0 Å². The zero-order chi connectivity index (χ0) is 16.0. The van der Waals surface area contributed by atoms with Crippen LogP contribution in [-0.2, 0) is 12.8 Å². The van der Waals surface area contributed by atoms with Crippen LogP contribution in [0.5, 0.6) is 0 Å². The predicted octanol–water partition coefficient (Wildman–Crippen LogP) is 4.16. The first-order valence-corrected chi connectivity index (χ1v) is 9.04. The van der Waals surface area contributed by atoms with E-state index in [9.17, 15) is 4.79 Å². The lowest BCUT2D eigenvalue weighted by Crippen LogP contribution is -2.42. The van der Waals surface area contributed by atoms with Gasteiger partial charge in [0, 0.05) is 35.2 Å². The van der Waals surface area contributed by atoms with Gasteiger partial charge in [0.05, 0.1) is 0 Å². The third kappa shape index (κ3) is 2.66. The Labute approximate surface area is 138 Å². The normalized spacial score (nSPS) is 24.7. The van der Waals surface area contributed by atoms with E-state index in [2.05, 4.69) is 35.9 Å². The highest BCUT2D eigenvalue weighted by atomic mass is 16.2. The fraction of sp³-hybridized carbons (Fsp3) is 0.550. The number of H-pyrrole nitrogens is 1. The van der Waals surface area contributed by atoms with E-state index in [1.807, 2.05) is 6.07 Å². The second kappa shape index (κ2) is 5.70. The largest absolute Gasteiger partial charge is 0.358 e. The number of likely N-dealkylation sites (tertiary alicyclic amines) is 1. The number of hydrogen-bond acceptors (Lipinski definition) is 1. The van der Waals surface area contributed by atoms with Crippen molar-refractivity contribution >= 4 is 16.8 Å². The lowest BCUT2D eigenvalue weighted by molar-refractivity contribution is 0.0623. The molecule has 3 nitrogen and oxygen atoms in total. The van der Waals surface area contributed by atoms with Crippen LogP contribution < -0.4 is 0 Å². The van der Waals surface area contributed by atoms with E-state index in [4.69, 9.17) is 0 Å². The van der Waals surface area contributed by atoms with E-state index < -0.39 is 0 Å². The standard InChI is InChI=1S/C20H26N2O/c1-13-9-14(2)12-22(11-13)20(23)15-7-8-19-17(10-15)16-5-3-4-6-18(16)21-19/h7-8,10,13-14,21H,3-6,9,11-12H2,1-2H3. The number of amides is 1. The highest BCUT2D eigenvalue weighted by Gasteiger charge is 2.26. The van der Waals surface area contributed by atoms with Crippen molar-refractivity contribution in [3.05, 3.63) is 35.0 Å². The highest BCUT2D eigenvalue weighted by Crippen LogP contribution is 2.30. The van der Waals surface area contributed by atoms with Gasteiger partial charge in [-0.15, -0.1) is 0 Å². The fourth-order valence-electron chi connectivity index (χ4n) is 4.55. The molecule has 1 aliphatic heterocycles. The molecule has 0 bridgehead atoms. The Morgan fingerprint density at radius 3 is 2.65 bits per heavy atom. The van der Waals surface area contributed by atoms with Gasteiger partial charge in [-0.05, 0) is 67.7 Å². The summed E-state index contributed by atoms with van der Waals surface area (Å²) in [6.07, 6.45) is 6.06. The first-order valence-electron chi connectivity index (χ1n) is 9.04. The van der Waals surface area contributed by atoms with Crippen molar-refractivity contribution in [1.82, 2.24) is 9.88 Å². The second-order valence-corrected chi connectivity index (χ2v) is 7.71. The molecule has 0 radical (unpaired) electrons. The van der Waals surface area contributed by atoms with E-state index in [1.54, 1.807) is 0 Å². The van der Waals surface area contributed by atoms with Gasteiger partial charge in [-0.3, -0.25) is 4.79 Å². The van der Waals surface area contributed by atoms with Crippen LogP contribution in [0.3, 0.4) is 0 Å². The summed E-state index contributed by atoms with van der Waals surface area (Å²) in [5, 5.41) is 1.27. The molecule has 1 saturated heterocycles. The fourth-order valence-corrected chi connectivity index (χ4v) is 4.55. The minimum atomic E-state index is 0.205. The third-order valence-electron chi connectivity index (χ3n) is 5.50. The molecule has 1 aliphatic carbocycles. The number of aromatic nitrogens is 1. The van der Waals surface area contributed by atoms with Crippen molar-refractivity contribution in [3.8, 4) is 0 Å². The number of carbonyl (C=O) groups is 1. The van der Waals surface area contributed by atoms with E-state index >= 15 is 0 Å². The van der Waals surface area contributed by atoms with Gasteiger partial charge in [0.15, 0.2) is 0 Å². The average Bonchev–Trinajstić information content (AvgIpc) is 2.91. The minimum Gasteiger partial charge on any atom is -0.358 e. The zero-order valence-electron chi connectivity index (χ0n) is 14.2. The Morgan fingerprint density at radius 1 is 1.13 bits per heavy atom. The number of aryl methyl sites for hydroxylation is 2. The van der Waals surface area contributed by atoms with E-state index in [-0.39, 0.29) is 5.91 Å². The van der Waals surface area contributed by atoms with Crippen LogP contribution in [0.4, 0.5) is 0 Å². The SMILES string of the molecule is CC1CC(C)CN(C(=O)c2ccc3[nH]c4c(c3c2)CCCC4)C1. The quantitative estimate of drug-likeness (QED) is 0.843. The molecule has 2 atom stereocenters. The third-order valence-corrected chi connectivity index (χ3v) is 5.50. The molecular weight excluding hydrogens is 284 g/mol. The molecule has 3 heteroatoms. The predicted molar refractivity (Wildman–Crippen MR) is 93.8 cm³/mol. The van der Waals surface area contributed by atoms with Crippen LogP contribution in [0.15, 0.2) is 18.2 Å². The summed E-state index contributed by atoms with van der Waals surface area (Å²) in [4.78, 5) is 18.5. The van der Waals surface area contributed by atoms with Crippen molar-refractivity contribution in [2.75, 3.05) is 13.1 Å². The number of nitrogens with one attached hydrogen (secondary N) is 1. The average molecular weight is 310 g/mol. The minimum absolute atomic E-state index is 0.205. The maximum absolute atomic E-state index is 12.9. The number of aromatic amines is 1. The molecule has 2 aliphatic rings. The Morgan fingerprint density at radius 2 is 1.87 bits per heavy atom. The van der Waals surface area contributed by atoms with Crippen molar-refractivity contribution in [2.24, 2.45) is 11.8 Å². The number of piperidine rings is 1. The van der Waals surface area contributed by atoms with Crippen LogP contribution >= 0.6 is 0 Å². The maximum Gasteiger partial charge on any atom is 0.253 e. The summed E-state index contributed by atoms with van der Waals surface area (Å²) in [5.41, 5.74) is 4.87. The van der Waals surface area contributed by atoms with Gasteiger partial charge in [0.1, 0.15) is 0 Å². The lowest BCUT2D eigenvalue weighted by Gasteiger charge is -2.35. The first kappa shape index (κ1) is 14.8. The summed E-state index contributed by atoms with van der Waals surface area (Å²) >= 11 is 0. The summed E-state index contributed by atoms with van der Waals surface area (Å²) in [7, 11) is 0. The summed E-state index contributed by atoms with van der Waals surface area (Å²) in [6.45, 7) is 6.29. The first-order chi connectivity index (χ1) is 11.1. The van der Waals surface area contributed by atoms with Gasteiger partial charge in [0.2, 0.25) is 0 Å². The number of carbonyl (C=O) groups excluding carboxylic acids is 1. The van der Waals surface area contributed by atoms with E-state index in [0.717, 1.165) is 31.5 Å². The highest BCUT2D eigenvalue weighted by molar-refractivity contribution is 5.99. The summed E-state index contributed by atoms with van der Waals surface area (Å²) < 4.78 is 0. The van der Waals surface area contributed by atoms with Crippen LogP contribution in [-0.4, -0.2) is 28.9 Å². The van der Waals surface area contributed by atoms with Gasteiger partial charge >= 0.3 is 0 Å². The van der Waals surface area contributed by atoms with Crippen LogP contribution in [0, 0.1) is 11.8 Å². The number of rotatable bonds is 1. The number of fused-ring (bicyclic) bond motifs is 3. The Hall–Kier alpha value is -1.77. The molecule has 0 spiro atoms. The molecule has 23 heavy (non-hydrogen) atoms. The van der Waals surface area contributed by atoms with Crippen molar-refractivity contribution in [2.45, 2.75) is 46.0 Å².